The number of aryl methyl sites for hydroxylation is 1. The lowest BCUT2D eigenvalue weighted by molar-refractivity contribution is -0.0703. The molecule has 0 radical (unpaired) electrons. The normalized spacial score (nSPS) is 13.5. The van der Waals surface area contributed by atoms with E-state index in [0.29, 0.717) is 4.88 Å². The molecule has 0 unspecified atom stereocenters. The summed E-state index contributed by atoms with van der Waals surface area (Å²) in [6, 6.07) is 1.89. The minimum absolute atomic E-state index is 0. The van der Waals surface area contributed by atoms with Gasteiger partial charge in [-0.2, -0.15) is 0 Å². The van der Waals surface area contributed by atoms with Crippen molar-refractivity contribution in [2.24, 2.45) is 5.73 Å². The molecule has 1 aromatic heterocycles. The predicted octanol–water partition coefficient (Wildman–Crippen LogP) is 2.11. The second-order valence-electron chi connectivity index (χ2n) is 2.85. The number of halogens is 3. The standard InChI is InChI=1S/C8H11F2NOS.ClH/c1-5-2-3-6(13-5)7(11)8(9,10)4-12;/h2-3,7,12H,4,11H2,1H3;1H/t7-;/m1./s1. The number of hydrogen-bond acceptors (Lipinski definition) is 3. The van der Waals surface area contributed by atoms with Crippen LogP contribution in [0, 0.1) is 6.92 Å². The molecule has 0 saturated heterocycles. The molecule has 0 aliphatic carbocycles. The Bertz CT molecular complexity index is 293. The van der Waals surface area contributed by atoms with Crippen molar-refractivity contribution in [3.8, 4) is 0 Å². The first-order valence-corrected chi connectivity index (χ1v) is 4.59. The quantitative estimate of drug-likeness (QED) is 0.854. The molecule has 0 amide bonds. The van der Waals surface area contributed by atoms with E-state index in [1.54, 1.807) is 12.1 Å². The minimum atomic E-state index is -3.24. The van der Waals surface area contributed by atoms with Gasteiger partial charge in [-0.25, -0.2) is 8.78 Å². The molecule has 6 heteroatoms. The zero-order valence-corrected chi connectivity index (χ0v) is 9.17. The maximum Gasteiger partial charge on any atom is 0.290 e. The molecule has 0 aliphatic heterocycles. The first-order valence-electron chi connectivity index (χ1n) is 3.78. The number of rotatable bonds is 3. The fraction of sp³-hybridized carbons (Fsp3) is 0.500. The molecule has 0 spiro atoms. The zero-order chi connectivity index (χ0) is 10.1. The molecule has 1 rings (SSSR count). The van der Waals surface area contributed by atoms with Gasteiger partial charge in [0.1, 0.15) is 12.6 Å². The third-order valence-corrected chi connectivity index (χ3v) is 2.82. The van der Waals surface area contributed by atoms with Gasteiger partial charge < -0.3 is 10.8 Å². The lowest BCUT2D eigenvalue weighted by atomic mass is 10.1. The third-order valence-electron chi connectivity index (χ3n) is 1.73. The number of hydrogen-bond donors (Lipinski definition) is 2. The number of alkyl halides is 2. The third kappa shape index (κ3) is 2.88. The van der Waals surface area contributed by atoms with Crippen LogP contribution in [-0.4, -0.2) is 17.6 Å². The van der Waals surface area contributed by atoms with Crippen molar-refractivity contribution in [1.82, 2.24) is 0 Å². The predicted molar refractivity (Wildman–Crippen MR) is 55.3 cm³/mol. The van der Waals surface area contributed by atoms with Gasteiger partial charge in [-0.3, -0.25) is 0 Å². The van der Waals surface area contributed by atoms with E-state index < -0.39 is 18.6 Å². The Labute approximate surface area is 91.1 Å². The molecule has 3 N–H and O–H groups in total. The summed E-state index contributed by atoms with van der Waals surface area (Å²) in [6.07, 6.45) is 0. The van der Waals surface area contributed by atoms with E-state index in [2.05, 4.69) is 0 Å². The summed E-state index contributed by atoms with van der Waals surface area (Å²) in [5.74, 6) is -3.24. The first kappa shape index (κ1) is 13.8. The lowest BCUT2D eigenvalue weighted by Crippen LogP contribution is -2.35. The summed E-state index contributed by atoms with van der Waals surface area (Å²) in [5.41, 5.74) is 5.30. The van der Waals surface area contributed by atoms with Crippen LogP contribution in [-0.2, 0) is 0 Å². The largest absolute Gasteiger partial charge is 0.390 e. The maximum atomic E-state index is 12.9. The smallest absolute Gasteiger partial charge is 0.290 e. The van der Waals surface area contributed by atoms with Gasteiger partial charge in [0.15, 0.2) is 0 Å². The molecule has 0 saturated carbocycles. The van der Waals surface area contributed by atoms with E-state index in [0.717, 1.165) is 4.88 Å². The SMILES string of the molecule is Cc1ccc([C@@H](N)C(F)(F)CO)s1.Cl. The molecule has 1 aromatic rings. The van der Waals surface area contributed by atoms with Crippen molar-refractivity contribution in [3.63, 3.8) is 0 Å². The summed E-state index contributed by atoms with van der Waals surface area (Å²) in [7, 11) is 0. The number of aliphatic hydroxyl groups is 1. The van der Waals surface area contributed by atoms with Crippen molar-refractivity contribution >= 4 is 23.7 Å². The van der Waals surface area contributed by atoms with Crippen LogP contribution in [0.4, 0.5) is 8.78 Å². The van der Waals surface area contributed by atoms with Crippen molar-refractivity contribution < 1.29 is 13.9 Å². The van der Waals surface area contributed by atoms with Crippen molar-refractivity contribution in [2.45, 2.75) is 18.9 Å². The Hall–Kier alpha value is -0.230. The Morgan fingerprint density at radius 3 is 2.50 bits per heavy atom. The van der Waals surface area contributed by atoms with Gasteiger partial charge in [-0.05, 0) is 19.1 Å². The highest BCUT2D eigenvalue weighted by molar-refractivity contribution is 7.12. The fourth-order valence-electron chi connectivity index (χ4n) is 0.927. The van der Waals surface area contributed by atoms with Gasteiger partial charge in [0.2, 0.25) is 0 Å². The average Bonchev–Trinajstić information content (AvgIpc) is 2.50. The van der Waals surface area contributed by atoms with E-state index in [1.807, 2.05) is 6.92 Å². The highest BCUT2D eigenvalue weighted by Crippen LogP contribution is 2.32. The van der Waals surface area contributed by atoms with Crippen LogP contribution >= 0.6 is 23.7 Å². The monoisotopic (exact) mass is 243 g/mol. The Balaban J connectivity index is 0.00000169. The van der Waals surface area contributed by atoms with Crippen molar-refractivity contribution in [3.05, 3.63) is 21.9 Å². The molecule has 0 fully saturated rings. The molecule has 1 atom stereocenters. The van der Waals surface area contributed by atoms with Crippen LogP contribution in [0.15, 0.2) is 12.1 Å². The van der Waals surface area contributed by atoms with Gasteiger partial charge >= 0.3 is 0 Å². The van der Waals surface area contributed by atoms with Crippen LogP contribution in [0.5, 0.6) is 0 Å². The number of aliphatic hydroxyl groups excluding tert-OH is 1. The Kier molecular flexibility index (Phi) is 4.94. The lowest BCUT2D eigenvalue weighted by Gasteiger charge is -2.19. The van der Waals surface area contributed by atoms with E-state index in [-0.39, 0.29) is 12.4 Å². The highest BCUT2D eigenvalue weighted by Gasteiger charge is 2.37. The molecular weight excluding hydrogens is 232 g/mol. The fourth-order valence-corrected chi connectivity index (χ4v) is 1.87. The van der Waals surface area contributed by atoms with E-state index in [1.165, 1.54) is 11.3 Å². The van der Waals surface area contributed by atoms with Crippen LogP contribution in [0.3, 0.4) is 0 Å². The van der Waals surface area contributed by atoms with E-state index in [4.69, 9.17) is 10.8 Å². The molecule has 1 heterocycles. The number of nitrogens with two attached hydrogens (primary N) is 1. The van der Waals surface area contributed by atoms with Crippen LogP contribution in [0.2, 0.25) is 0 Å². The summed E-state index contributed by atoms with van der Waals surface area (Å²) >= 11 is 1.22. The second kappa shape index (κ2) is 5.02. The Morgan fingerprint density at radius 2 is 2.14 bits per heavy atom. The highest BCUT2D eigenvalue weighted by atomic mass is 35.5. The van der Waals surface area contributed by atoms with Gasteiger partial charge in [0.05, 0.1) is 0 Å². The van der Waals surface area contributed by atoms with Gasteiger partial charge in [0.25, 0.3) is 5.92 Å². The number of thiophene rings is 1. The van der Waals surface area contributed by atoms with Gasteiger partial charge in [-0.15, -0.1) is 23.7 Å². The summed E-state index contributed by atoms with van der Waals surface area (Å²) in [5, 5.41) is 8.41. The molecule has 82 valence electrons. The summed E-state index contributed by atoms with van der Waals surface area (Å²) < 4.78 is 25.7. The Morgan fingerprint density at radius 1 is 1.57 bits per heavy atom. The van der Waals surface area contributed by atoms with Gasteiger partial charge in [0, 0.05) is 9.75 Å². The van der Waals surface area contributed by atoms with E-state index in [9.17, 15) is 8.78 Å². The summed E-state index contributed by atoms with van der Waals surface area (Å²) in [6.45, 7) is 0.600. The van der Waals surface area contributed by atoms with Crippen molar-refractivity contribution in [2.75, 3.05) is 6.61 Å². The second-order valence-corrected chi connectivity index (χ2v) is 4.16. The van der Waals surface area contributed by atoms with Crippen LogP contribution in [0.25, 0.3) is 0 Å². The van der Waals surface area contributed by atoms with Gasteiger partial charge in [-0.1, -0.05) is 0 Å². The molecule has 14 heavy (non-hydrogen) atoms. The molecule has 2 nitrogen and oxygen atoms in total. The molecular formula is C8H12ClF2NOS. The molecule has 0 bridgehead atoms. The molecule has 0 aliphatic rings. The zero-order valence-electron chi connectivity index (χ0n) is 7.54. The maximum absolute atomic E-state index is 12.9. The van der Waals surface area contributed by atoms with Crippen molar-refractivity contribution in [1.29, 1.82) is 0 Å². The minimum Gasteiger partial charge on any atom is -0.390 e. The first-order chi connectivity index (χ1) is 5.97. The van der Waals surface area contributed by atoms with Crippen LogP contribution in [0.1, 0.15) is 15.8 Å². The summed E-state index contributed by atoms with van der Waals surface area (Å²) in [4.78, 5) is 1.33. The van der Waals surface area contributed by atoms with Crippen LogP contribution < -0.4 is 5.73 Å². The topological polar surface area (TPSA) is 46.2 Å². The molecule has 0 aromatic carbocycles. The van der Waals surface area contributed by atoms with E-state index >= 15 is 0 Å². The average molecular weight is 244 g/mol.